The van der Waals surface area contributed by atoms with Crippen molar-refractivity contribution in [2.75, 3.05) is 0 Å². The van der Waals surface area contributed by atoms with Gasteiger partial charge in [0.05, 0.1) is 22.4 Å². The summed E-state index contributed by atoms with van der Waals surface area (Å²) < 4.78 is 0. The third kappa shape index (κ3) is 4.19. The van der Waals surface area contributed by atoms with Gasteiger partial charge in [-0.1, -0.05) is 60.7 Å². The number of aryl methyl sites for hydroxylation is 2. The lowest BCUT2D eigenvalue weighted by atomic mass is 10.1. The highest BCUT2D eigenvalue weighted by Crippen LogP contribution is 2.26. The van der Waals surface area contributed by atoms with E-state index in [4.69, 9.17) is 4.98 Å². The fraction of sp³-hybridized carbons (Fsp3) is 0.0690. The predicted molar refractivity (Wildman–Crippen MR) is 136 cm³/mol. The Kier molecular flexibility index (Phi) is 5.30. The van der Waals surface area contributed by atoms with Crippen LogP contribution in [0.25, 0.3) is 21.8 Å². The van der Waals surface area contributed by atoms with Gasteiger partial charge in [0.25, 0.3) is 0 Å². The quantitative estimate of drug-likeness (QED) is 0.222. The van der Waals surface area contributed by atoms with E-state index in [-0.39, 0.29) is 0 Å². The van der Waals surface area contributed by atoms with E-state index in [0.717, 1.165) is 44.3 Å². The van der Waals surface area contributed by atoms with Crippen molar-refractivity contribution in [3.05, 3.63) is 113 Å². The van der Waals surface area contributed by atoms with E-state index in [1.807, 2.05) is 61.0 Å². The van der Waals surface area contributed by atoms with Crippen LogP contribution in [-0.2, 0) is 0 Å². The number of aromatic nitrogens is 1. The maximum absolute atomic E-state index is 4.90. The number of aliphatic imine (C=N–C) groups is 2. The second-order valence-corrected chi connectivity index (χ2v) is 7.97. The summed E-state index contributed by atoms with van der Waals surface area (Å²) in [6.45, 7) is 4.18. The van der Waals surface area contributed by atoms with Crippen molar-refractivity contribution in [2.24, 2.45) is 9.98 Å². The summed E-state index contributed by atoms with van der Waals surface area (Å²) in [5.74, 6) is 0. The van der Waals surface area contributed by atoms with Crippen LogP contribution < -0.4 is 0 Å². The molecule has 0 aliphatic rings. The molecule has 0 amide bonds. The lowest BCUT2D eigenvalue weighted by molar-refractivity contribution is 1.43. The zero-order valence-corrected chi connectivity index (χ0v) is 18.2. The summed E-state index contributed by atoms with van der Waals surface area (Å²) in [4.78, 5) is 14.2. The van der Waals surface area contributed by atoms with E-state index < -0.39 is 0 Å². The number of fused-ring (bicyclic) bond motifs is 2. The van der Waals surface area contributed by atoms with Gasteiger partial charge in [0.15, 0.2) is 0 Å². The summed E-state index contributed by atoms with van der Waals surface area (Å²) in [5.41, 5.74) is 8.29. The van der Waals surface area contributed by atoms with Crippen LogP contribution in [0.5, 0.6) is 0 Å². The molecule has 0 aliphatic heterocycles. The number of hydrogen-bond donors (Lipinski definition) is 0. The fourth-order valence-electron chi connectivity index (χ4n) is 3.71. The summed E-state index contributed by atoms with van der Waals surface area (Å²) in [6.07, 6.45) is 3.83. The highest BCUT2D eigenvalue weighted by atomic mass is 14.7. The first-order valence-electron chi connectivity index (χ1n) is 10.7. The Morgan fingerprint density at radius 1 is 0.562 bits per heavy atom. The van der Waals surface area contributed by atoms with Crippen molar-refractivity contribution in [1.82, 2.24) is 4.98 Å². The first-order chi connectivity index (χ1) is 15.7. The van der Waals surface area contributed by atoms with Crippen molar-refractivity contribution in [3.63, 3.8) is 0 Å². The van der Waals surface area contributed by atoms with Gasteiger partial charge >= 0.3 is 0 Å². The van der Waals surface area contributed by atoms with E-state index in [0.29, 0.717) is 0 Å². The van der Waals surface area contributed by atoms with Crippen LogP contribution in [0.2, 0.25) is 0 Å². The van der Waals surface area contributed by atoms with Crippen molar-refractivity contribution < 1.29 is 0 Å². The lowest BCUT2D eigenvalue weighted by Gasteiger charge is -2.04. The molecule has 32 heavy (non-hydrogen) atoms. The highest BCUT2D eigenvalue weighted by molar-refractivity contribution is 5.95. The van der Waals surface area contributed by atoms with Gasteiger partial charge in [-0.25, -0.2) is 4.98 Å². The maximum atomic E-state index is 4.90. The monoisotopic (exact) mass is 413 g/mol. The first kappa shape index (κ1) is 19.8. The zero-order chi connectivity index (χ0) is 21.9. The number of benzene rings is 4. The Morgan fingerprint density at radius 2 is 1.03 bits per heavy atom. The second-order valence-electron chi connectivity index (χ2n) is 7.97. The Morgan fingerprint density at radius 3 is 1.50 bits per heavy atom. The molecule has 0 atom stereocenters. The molecule has 154 valence electrons. The maximum Gasteiger partial charge on any atom is 0.0731 e. The highest BCUT2D eigenvalue weighted by Gasteiger charge is 2.03. The van der Waals surface area contributed by atoms with Gasteiger partial charge in [-0.3, -0.25) is 9.98 Å². The summed E-state index contributed by atoms with van der Waals surface area (Å²) in [6, 6.07) is 30.9. The number of pyridine rings is 1. The molecular weight excluding hydrogens is 390 g/mol. The molecule has 0 radical (unpaired) electrons. The predicted octanol–water partition coefficient (Wildman–Crippen LogP) is 7.51. The van der Waals surface area contributed by atoms with E-state index >= 15 is 0 Å². The molecule has 1 heterocycles. The number of nitrogens with zero attached hydrogens (tertiary/aromatic N) is 3. The molecule has 5 aromatic rings. The largest absolute Gasteiger partial charge is 0.256 e. The average molecular weight is 414 g/mol. The SMILES string of the molecule is Cc1ccccc1C=Nc1ccc2cc3ccc(N=Cc4ccccc4C)cc3nc2c1. The fourth-order valence-corrected chi connectivity index (χ4v) is 3.71. The normalized spacial score (nSPS) is 11.8. The van der Waals surface area contributed by atoms with Crippen molar-refractivity contribution >= 4 is 45.6 Å². The molecule has 1 aromatic heterocycles. The minimum absolute atomic E-state index is 0.890. The van der Waals surface area contributed by atoms with E-state index in [2.05, 4.69) is 66.3 Å². The van der Waals surface area contributed by atoms with E-state index in [1.54, 1.807) is 0 Å². The van der Waals surface area contributed by atoms with Gasteiger partial charge in [-0.05, 0) is 66.4 Å². The van der Waals surface area contributed by atoms with Crippen LogP contribution >= 0.6 is 0 Å². The molecule has 5 rings (SSSR count). The molecule has 0 bridgehead atoms. The topological polar surface area (TPSA) is 37.6 Å². The molecule has 3 heteroatoms. The molecular formula is C29H23N3. The number of hydrogen-bond acceptors (Lipinski definition) is 3. The van der Waals surface area contributed by atoms with Crippen molar-refractivity contribution in [1.29, 1.82) is 0 Å². The molecule has 0 aliphatic carbocycles. The molecule has 0 saturated heterocycles. The van der Waals surface area contributed by atoms with Crippen LogP contribution in [0.15, 0.2) is 101 Å². The Labute approximate surface area is 187 Å². The van der Waals surface area contributed by atoms with Gasteiger partial charge in [0.1, 0.15) is 0 Å². The van der Waals surface area contributed by atoms with Crippen molar-refractivity contribution in [3.8, 4) is 0 Å². The summed E-state index contributed by atoms with van der Waals surface area (Å²) in [7, 11) is 0. The zero-order valence-electron chi connectivity index (χ0n) is 18.2. The molecule has 0 spiro atoms. The molecule has 3 nitrogen and oxygen atoms in total. The van der Waals surface area contributed by atoms with Crippen LogP contribution in [0.3, 0.4) is 0 Å². The van der Waals surface area contributed by atoms with Crippen molar-refractivity contribution in [2.45, 2.75) is 13.8 Å². The molecule has 0 N–H and O–H groups in total. The third-order valence-electron chi connectivity index (χ3n) is 5.66. The summed E-state index contributed by atoms with van der Waals surface area (Å²) >= 11 is 0. The minimum Gasteiger partial charge on any atom is -0.256 e. The summed E-state index contributed by atoms with van der Waals surface area (Å²) in [5, 5.41) is 2.20. The smallest absolute Gasteiger partial charge is 0.0731 e. The number of rotatable bonds is 4. The molecule has 0 fully saturated rings. The second kappa shape index (κ2) is 8.56. The van der Waals surface area contributed by atoms with Crippen LogP contribution in [-0.4, -0.2) is 17.4 Å². The van der Waals surface area contributed by atoms with Crippen LogP contribution in [0, 0.1) is 13.8 Å². The molecule has 4 aromatic carbocycles. The van der Waals surface area contributed by atoms with Gasteiger partial charge < -0.3 is 0 Å². The van der Waals surface area contributed by atoms with Crippen LogP contribution in [0.1, 0.15) is 22.3 Å². The van der Waals surface area contributed by atoms with E-state index in [9.17, 15) is 0 Å². The minimum atomic E-state index is 0.890. The average Bonchev–Trinajstić information content (AvgIpc) is 2.81. The third-order valence-corrected chi connectivity index (χ3v) is 5.66. The Hall–Kier alpha value is -4.11. The Balaban J connectivity index is 1.48. The molecule has 0 saturated carbocycles. The van der Waals surface area contributed by atoms with Gasteiger partial charge in [0, 0.05) is 23.2 Å². The van der Waals surface area contributed by atoms with Gasteiger partial charge in [-0.2, -0.15) is 0 Å². The lowest BCUT2D eigenvalue weighted by Crippen LogP contribution is -1.86. The van der Waals surface area contributed by atoms with Gasteiger partial charge in [-0.15, -0.1) is 0 Å². The van der Waals surface area contributed by atoms with Gasteiger partial charge in [0.2, 0.25) is 0 Å². The van der Waals surface area contributed by atoms with E-state index in [1.165, 1.54) is 11.1 Å². The first-order valence-corrected chi connectivity index (χ1v) is 10.7. The Bertz CT molecular complexity index is 1390. The van der Waals surface area contributed by atoms with Crippen LogP contribution in [0.4, 0.5) is 11.4 Å². The molecule has 0 unspecified atom stereocenters. The standard InChI is InChI=1S/C29H23N3/c1-20-7-3-5-9-24(20)18-30-26-13-11-22-15-23-12-14-27(17-29(23)32-28(22)16-26)31-19-25-10-6-4-8-21(25)2/h3-19H,1-2H3.